The number of rotatable bonds is 5. The molecule has 0 spiro atoms. The van der Waals surface area contributed by atoms with Crippen LogP contribution in [-0.4, -0.2) is 21.6 Å². The quantitative estimate of drug-likeness (QED) is 0.286. The maximum Gasteiger partial charge on any atom is 0.244 e. The van der Waals surface area contributed by atoms with E-state index in [4.69, 9.17) is 5.84 Å². The zero-order chi connectivity index (χ0) is 14.4. The molecule has 0 unspecified atom stereocenters. The minimum Gasteiger partial charge on any atom is -0.294 e. The van der Waals surface area contributed by atoms with Gasteiger partial charge >= 0.3 is 0 Å². The molecule has 0 aliphatic carbocycles. The average Bonchev–Trinajstić information content (AvgIpc) is 2.45. The lowest BCUT2D eigenvalue weighted by atomic mass is 10.1. The standard InChI is InChI=1S/C14H16N4OS/c1-10-7-14(20-9-13(19)18-15)17-12(16-10)8-11-5-3-2-4-6-11/h2-7H,8-9,15H2,1H3,(H,18,19). The maximum absolute atomic E-state index is 11.1. The summed E-state index contributed by atoms with van der Waals surface area (Å²) in [6.07, 6.45) is 0.680. The smallest absolute Gasteiger partial charge is 0.244 e. The molecule has 1 amide bonds. The van der Waals surface area contributed by atoms with E-state index in [1.165, 1.54) is 11.8 Å². The second-order valence-corrected chi connectivity index (χ2v) is 5.28. The van der Waals surface area contributed by atoms with Gasteiger partial charge in [-0.3, -0.25) is 10.2 Å². The highest BCUT2D eigenvalue weighted by Crippen LogP contribution is 2.17. The number of thioether (sulfide) groups is 1. The van der Waals surface area contributed by atoms with Crippen LogP contribution in [-0.2, 0) is 11.2 Å². The molecule has 0 aliphatic rings. The van der Waals surface area contributed by atoms with Crippen molar-refractivity contribution in [1.29, 1.82) is 0 Å². The van der Waals surface area contributed by atoms with E-state index >= 15 is 0 Å². The van der Waals surface area contributed by atoms with Crippen LogP contribution in [0.5, 0.6) is 0 Å². The molecule has 0 radical (unpaired) electrons. The SMILES string of the molecule is Cc1cc(SCC(=O)NN)nc(Cc2ccccc2)n1. The van der Waals surface area contributed by atoms with Gasteiger partial charge in [-0.1, -0.05) is 42.1 Å². The minimum atomic E-state index is -0.226. The third-order valence-corrected chi connectivity index (χ3v) is 3.51. The van der Waals surface area contributed by atoms with E-state index in [2.05, 4.69) is 15.4 Å². The summed E-state index contributed by atoms with van der Waals surface area (Å²) in [5.41, 5.74) is 4.15. The molecule has 104 valence electrons. The van der Waals surface area contributed by atoms with Crippen molar-refractivity contribution in [3.8, 4) is 0 Å². The summed E-state index contributed by atoms with van der Waals surface area (Å²) >= 11 is 1.35. The third kappa shape index (κ3) is 4.32. The van der Waals surface area contributed by atoms with Crippen LogP contribution in [0.2, 0.25) is 0 Å². The van der Waals surface area contributed by atoms with Crippen LogP contribution >= 0.6 is 11.8 Å². The van der Waals surface area contributed by atoms with Gasteiger partial charge in [0, 0.05) is 12.1 Å². The lowest BCUT2D eigenvalue weighted by molar-refractivity contribution is -0.118. The summed E-state index contributed by atoms with van der Waals surface area (Å²) in [5.74, 6) is 5.83. The summed E-state index contributed by atoms with van der Waals surface area (Å²) in [6, 6.07) is 11.9. The normalized spacial score (nSPS) is 10.3. The molecule has 0 saturated heterocycles. The van der Waals surface area contributed by atoms with Gasteiger partial charge in [-0.15, -0.1) is 0 Å². The Labute approximate surface area is 122 Å². The van der Waals surface area contributed by atoms with E-state index < -0.39 is 0 Å². The average molecular weight is 288 g/mol. The lowest BCUT2D eigenvalue weighted by Crippen LogP contribution is -2.31. The van der Waals surface area contributed by atoms with Crippen LogP contribution in [0.25, 0.3) is 0 Å². The van der Waals surface area contributed by atoms with Crippen LogP contribution in [0, 0.1) is 6.92 Å². The molecule has 1 aromatic heterocycles. The van der Waals surface area contributed by atoms with E-state index in [9.17, 15) is 4.79 Å². The Balaban J connectivity index is 2.10. The first-order valence-corrected chi connectivity index (χ1v) is 7.16. The van der Waals surface area contributed by atoms with Crippen LogP contribution in [0.15, 0.2) is 41.4 Å². The van der Waals surface area contributed by atoms with Crippen molar-refractivity contribution in [2.45, 2.75) is 18.4 Å². The summed E-state index contributed by atoms with van der Waals surface area (Å²) in [7, 11) is 0. The molecule has 2 rings (SSSR count). The van der Waals surface area contributed by atoms with Crippen LogP contribution in [0.4, 0.5) is 0 Å². The van der Waals surface area contributed by atoms with Gasteiger partial charge in [0.05, 0.1) is 5.75 Å². The number of nitrogens with zero attached hydrogens (tertiary/aromatic N) is 2. The second-order valence-electron chi connectivity index (χ2n) is 4.28. The number of carbonyl (C=O) groups excluding carboxylic acids is 1. The van der Waals surface area contributed by atoms with Crippen LogP contribution in [0.1, 0.15) is 17.1 Å². The highest BCUT2D eigenvalue weighted by molar-refractivity contribution is 7.99. The Kier molecular flexibility index (Phi) is 5.09. The molecule has 5 nitrogen and oxygen atoms in total. The molecule has 0 atom stereocenters. The number of aromatic nitrogens is 2. The number of nitrogens with two attached hydrogens (primary N) is 1. The molecule has 0 aliphatic heterocycles. The number of benzene rings is 1. The number of carbonyl (C=O) groups is 1. The summed E-state index contributed by atoms with van der Waals surface area (Å²) in [5, 5.41) is 0.784. The molecule has 0 fully saturated rings. The number of hydrogen-bond donors (Lipinski definition) is 2. The van der Waals surface area contributed by atoms with Crippen LogP contribution in [0.3, 0.4) is 0 Å². The van der Waals surface area contributed by atoms with Crippen molar-refractivity contribution in [2.24, 2.45) is 5.84 Å². The monoisotopic (exact) mass is 288 g/mol. The Morgan fingerprint density at radius 1 is 1.30 bits per heavy atom. The van der Waals surface area contributed by atoms with E-state index in [0.29, 0.717) is 6.42 Å². The highest BCUT2D eigenvalue weighted by atomic mass is 32.2. The second kappa shape index (κ2) is 7.02. The Morgan fingerprint density at radius 2 is 2.05 bits per heavy atom. The van der Waals surface area contributed by atoms with E-state index in [-0.39, 0.29) is 11.7 Å². The molecular formula is C14H16N4OS. The van der Waals surface area contributed by atoms with E-state index in [1.807, 2.05) is 43.3 Å². The first kappa shape index (κ1) is 14.5. The largest absolute Gasteiger partial charge is 0.294 e. The first-order valence-electron chi connectivity index (χ1n) is 6.18. The van der Waals surface area contributed by atoms with Gasteiger partial charge in [-0.25, -0.2) is 15.8 Å². The van der Waals surface area contributed by atoms with Crippen molar-refractivity contribution in [3.63, 3.8) is 0 Å². The number of hydrogen-bond acceptors (Lipinski definition) is 5. The number of aryl methyl sites for hydroxylation is 1. The number of amides is 1. The topological polar surface area (TPSA) is 80.9 Å². The number of hydrazine groups is 1. The minimum absolute atomic E-state index is 0.226. The van der Waals surface area contributed by atoms with Crippen molar-refractivity contribution in [1.82, 2.24) is 15.4 Å². The molecule has 2 aromatic rings. The van der Waals surface area contributed by atoms with Crippen molar-refractivity contribution in [3.05, 3.63) is 53.5 Å². The molecule has 3 N–H and O–H groups in total. The molecule has 1 heterocycles. The Hall–Kier alpha value is -1.92. The summed E-state index contributed by atoms with van der Waals surface area (Å²) < 4.78 is 0. The Bertz CT molecular complexity index is 589. The highest BCUT2D eigenvalue weighted by Gasteiger charge is 2.06. The predicted molar refractivity (Wildman–Crippen MR) is 79.1 cm³/mol. The predicted octanol–water partition coefficient (Wildman–Crippen LogP) is 1.46. The zero-order valence-electron chi connectivity index (χ0n) is 11.2. The third-order valence-electron chi connectivity index (χ3n) is 2.59. The van der Waals surface area contributed by atoms with Gasteiger partial charge in [-0.05, 0) is 18.6 Å². The maximum atomic E-state index is 11.1. The fourth-order valence-electron chi connectivity index (χ4n) is 1.71. The van der Waals surface area contributed by atoms with Crippen LogP contribution < -0.4 is 11.3 Å². The lowest BCUT2D eigenvalue weighted by Gasteiger charge is -2.06. The number of nitrogens with one attached hydrogen (secondary N) is 1. The van der Waals surface area contributed by atoms with Gasteiger partial charge in [0.15, 0.2) is 0 Å². The molecule has 0 bridgehead atoms. The van der Waals surface area contributed by atoms with Crippen molar-refractivity contribution >= 4 is 17.7 Å². The zero-order valence-corrected chi connectivity index (χ0v) is 12.0. The van der Waals surface area contributed by atoms with Crippen molar-refractivity contribution < 1.29 is 4.79 Å². The first-order chi connectivity index (χ1) is 9.67. The summed E-state index contributed by atoms with van der Waals surface area (Å²) in [4.78, 5) is 20.0. The van der Waals surface area contributed by atoms with Gasteiger partial charge < -0.3 is 0 Å². The molecule has 6 heteroatoms. The van der Waals surface area contributed by atoms with Gasteiger partial charge in [0.25, 0.3) is 0 Å². The molecule has 0 saturated carbocycles. The van der Waals surface area contributed by atoms with Gasteiger partial charge in [-0.2, -0.15) is 0 Å². The summed E-state index contributed by atoms with van der Waals surface area (Å²) in [6.45, 7) is 1.92. The van der Waals surface area contributed by atoms with E-state index in [1.54, 1.807) is 0 Å². The van der Waals surface area contributed by atoms with Crippen molar-refractivity contribution in [2.75, 3.05) is 5.75 Å². The van der Waals surface area contributed by atoms with Gasteiger partial charge in [0.1, 0.15) is 10.9 Å². The fourth-order valence-corrected chi connectivity index (χ4v) is 2.50. The Morgan fingerprint density at radius 3 is 2.75 bits per heavy atom. The van der Waals surface area contributed by atoms with Gasteiger partial charge in [0.2, 0.25) is 5.91 Å². The fraction of sp³-hybridized carbons (Fsp3) is 0.214. The van der Waals surface area contributed by atoms with E-state index in [0.717, 1.165) is 22.1 Å². The molecule has 20 heavy (non-hydrogen) atoms. The molecular weight excluding hydrogens is 272 g/mol. The molecule has 1 aromatic carbocycles.